The molecular weight excluding hydrogens is 268 g/mol. The number of anilines is 1. The molecule has 112 valence electrons. The molecule has 0 fully saturated rings. The molecule has 6 heteroatoms. The van der Waals surface area contributed by atoms with E-state index in [4.69, 9.17) is 4.74 Å². The van der Waals surface area contributed by atoms with Crippen molar-refractivity contribution < 1.29 is 9.53 Å². The highest BCUT2D eigenvalue weighted by Gasteiger charge is 2.09. The number of pyridine rings is 1. The van der Waals surface area contributed by atoms with Crippen molar-refractivity contribution in [2.24, 2.45) is 0 Å². The lowest BCUT2D eigenvalue weighted by Gasteiger charge is -2.13. The maximum absolute atomic E-state index is 11.9. The van der Waals surface area contributed by atoms with E-state index in [2.05, 4.69) is 15.6 Å². The summed E-state index contributed by atoms with van der Waals surface area (Å²) in [7, 11) is 5.52. The quantitative estimate of drug-likeness (QED) is 0.882. The molecule has 0 saturated carbocycles. The number of fused-ring (bicyclic) bond motifs is 1. The molecule has 2 aromatic rings. The number of rotatable bonds is 5. The van der Waals surface area contributed by atoms with Crippen LogP contribution in [0.2, 0.25) is 0 Å². The maximum Gasteiger partial charge on any atom is 0.319 e. The number of urea groups is 1. The first-order valence-corrected chi connectivity index (χ1v) is 6.73. The maximum atomic E-state index is 11.9. The molecule has 0 bridgehead atoms. The molecule has 21 heavy (non-hydrogen) atoms. The first kappa shape index (κ1) is 15.1. The van der Waals surface area contributed by atoms with Gasteiger partial charge in [-0.2, -0.15) is 0 Å². The first-order valence-electron chi connectivity index (χ1n) is 6.73. The average Bonchev–Trinajstić information content (AvgIpc) is 2.47. The Hall–Kier alpha value is -2.34. The van der Waals surface area contributed by atoms with Crippen LogP contribution in [0.15, 0.2) is 30.5 Å². The van der Waals surface area contributed by atoms with Gasteiger partial charge in [0.15, 0.2) is 0 Å². The van der Waals surface area contributed by atoms with E-state index in [1.165, 1.54) is 0 Å². The van der Waals surface area contributed by atoms with Gasteiger partial charge >= 0.3 is 6.03 Å². The van der Waals surface area contributed by atoms with Crippen molar-refractivity contribution in [1.82, 2.24) is 15.2 Å². The molecule has 2 rings (SSSR count). The predicted molar refractivity (Wildman–Crippen MR) is 83.9 cm³/mol. The fourth-order valence-electron chi connectivity index (χ4n) is 1.98. The van der Waals surface area contributed by atoms with Crippen LogP contribution in [-0.4, -0.2) is 50.2 Å². The molecular formula is C15H20N4O2. The second-order valence-electron chi connectivity index (χ2n) is 4.90. The Morgan fingerprint density at radius 3 is 2.86 bits per heavy atom. The number of carbonyl (C=O) groups is 1. The van der Waals surface area contributed by atoms with Crippen molar-refractivity contribution in [2.45, 2.75) is 0 Å². The second-order valence-corrected chi connectivity index (χ2v) is 4.90. The highest BCUT2D eigenvalue weighted by atomic mass is 16.5. The van der Waals surface area contributed by atoms with Gasteiger partial charge in [0.25, 0.3) is 0 Å². The predicted octanol–water partition coefficient (Wildman–Crippen LogP) is 1.93. The average molecular weight is 288 g/mol. The molecule has 0 saturated heterocycles. The van der Waals surface area contributed by atoms with E-state index in [-0.39, 0.29) is 6.03 Å². The van der Waals surface area contributed by atoms with Gasteiger partial charge in [0.1, 0.15) is 11.3 Å². The molecule has 0 aliphatic carbocycles. The molecule has 0 unspecified atom stereocenters. The van der Waals surface area contributed by atoms with Gasteiger partial charge in [-0.25, -0.2) is 4.79 Å². The summed E-state index contributed by atoms with van der Waals surface area (Å²) in [4.78, 5) is 18.2. The number of hydrogen-bond donors (Lipinski definition) is 2. The van der Waals surface area contributed by atoms with E-state index in [0.717, 1.165) is 17.4 Å². The summed E-state index contributed by atoms with van der Waals surface area (Å²) in [6.45, 7) is 1.38. The van der Waals surface area contributed by atoms with Gasteiger partial charge in [-0.3, -0.25) is 4.98 Å². The fourth-order valence-corrected chi connectivity index (χ4v) is 1.98. The standard InChI is InChI=1S/C15H20N4O2/c1-19(2)10-9-17-15(20)18-12-6-7-13(21-3)14-11(12)5-4-8-16-14/h4-8H,9-10H2,1-3H3,(H2,17,18,20). The zero-order chi connectivity index (χ0) is 15.2. The molecule has 1 heterocycles. The van der Waals surface area contributed by atoms with Crippen molar-refractivity contribution in [1.29, 1.82) is 0 Å². The lowest BCUT2D eigenvalue weighted by Crippen LogP contribution is -2.34. The Labute approximate surface area is 124 Å². The van der Waals surface area contributed by atoms with E-state index in [1.54, 1.807) is 19.4 Å². The van der Waals surface area contributed by atoms with Crippen molar-refractivity contribution in [3.63, 3.8) is 0 Å². The molecule has 1 aromatic carbocycles. The minimum absolute atomic E-state index is 0.229. The summed E-state index contributed by atoms with van der Waals surface area (Å²) in [6, 6.07) is 7.11. The zero-order valence-corrected chi connectivity index (χ0v) is 12.5. The summed E-state index contributed by atoms with van der Waals surface area (Å²) in [5.41, 5.74) is 1.44. The molecule has 1 aromatic heterocycles. The van der Waals surface area contributed by atoms with E-state index >= 15 is 0 Å². The number of nitrogens with one attached hydrogen (secondary N) is 2. The number of amides is 2. The van der Waals surface area contributed by atoms with Gasteiger partial charge < -0.3 is 20.3 Å². The summed E-state index contributed by atoms with van der Waals surface area (Å²) in [5, 5.41) is 6.51. The third-order valence-electron chi connectivity index (χ3n) is 3.05. The van der Waals surface area contributed by atoms with Crippen molar-refractivity contribution in [3.8, 4) is 5.75 Å². The molecule has 0 radical (unpaired) electrons. The molecule has 6 nitrogen and oxygen atoms in total. The molecule has 0 aliphatic rings. The number of nitrogens with zero attached hydrogens (tertiary/aromatic N) is 2. The van der Waals surface area contributed by atoms with Gasteiger partial charge in [0.2, 0.25) is 0 Å². The number of hydrogen-bond acceptors (Lipinski definition) is 4. The minimum Gasteiger partial charge on any atom is -0.494 e. The molecule has 2 amide bonds. The number of methoxy groups -OCH3 is 1. The highest BCUT2D eigenvalue weighted by Crippen LogP contribution is 2.29. The van der Waals surface area contributed by atoms with E-state index < -0.39 is 0 Å². The number of aromatic nitrogens is 1. The van der Waals surface area contributed by atoms with Gasteiger partial charge in [0.05, 0.1) is 12.8 Å². The molecule has 2 N–H and O–H groups in total. The topological polar surface area (TPSA) is 66.5 Å². The third-order valence-corrected chi connectivity index (χ3v) is 3.05. The van der Waals surface area contributed by atoms with Crippen LogP contribution in [0.3, 0.4) is 0 Å². The van der Waals surface area contributed by atoms with Gasteiger partial charge in [-0.1, -0.05) is 0 Å². The summed E-state index contributed by atoms with van der Waals surface area (Å²) >= 11 is 0. The smallest absolute Gasteiger partial charge is 0.319 e. The summed E-state index contributed by atoms with van der Waals surface area (Å²) < 4.78 is 5.28. The Morgan fingerprint density at radius 1 is 1.33 bits per heavy atom. The molecule has 0 aliphatic heterocycles. The van der Waals surface area contributed by atoms with Gasteiger partial charge in [0, 0.05) is 24.7 Å². The largest absolute Gasteiger partial charge is 0.494 e. The van der Waals surface area contributed by atoms with Gasteiger partial charge in [-0.15, -0.1) is 0 Å². The van der Waals surface area contributed by atoms with E-state index in [0.29, 0.717) is 18.0 Å². The highest BCUT2D eigenvalue weighted by molar-refractivity contribution is 6.02. The third kappa shape index (κ3) is 3.82. The zero-order valence-electron chi connectivity index (χ0n) is 12.5. The number of likely N-dealkylation sites (N-methyl/N-ethyl adjacent to an activating group) is 1. The van der Waals surface area contributed by atoms with Gasteiger partial charge in [-0.05, 0) is 38.4 Å². The van der Waals surface area contributed by atoms with Crippen LogP contribution >= 0.6 is 0 Å². The fraction of sp³-hybridized carbons (Fsp3) is 0.333. The monoisotopic (exact) mass is 288 g/mol. The normalized spacial score (nSPS) is 10.7. The number of benzene rings is 1. The van der Waals surface area contributed by atoms with Crippen molar-refractivity contribution >= 4 is 22.6 Å². The Bertz CT molecular complexity index is 628. The second kappa shape index (κ2) is 6.90. The van der Waals surface area contributed by atoms with Crippen LogP contribution in [0.4, 0.5) is 10.5 Å². The Kier molecular flexibility index (Phi) is 4.94. The lowest BCUT2D eigenvalue weighted by molar-refractivity contribution is 0.250. The number of ether oxygens (including phenoxy) is 1. The molecule has 0 atom stereocenters. The van der Waals surface area contributed by atoms with Crippen molar-refractivity contribution in [2.75, 3.05) is 39.6 Å². The van der Waals surface area contributed by atoms with Crippen molar-refractivity contribution in [3.05, 3.63) is 30.5 Å². The van der Waals surface area contributed by atoms with E-state index in [1.807, 2.05) is 37.2 Å². The van der Waals surface area contributed by atoms with Crippen LogP contribution in [0.1, 0.15) is 0 Å². The van der Waals surface area contributed by atoms with Crippen LogP contribution in [-0.2, 0) is 0 Å². The van der Waals surface area contributed by atoms with E-state index in [9.17, 15) is 4.79 Å². The van der Waals surface area contributed by atoms with Crippen LogP contribution < -0.4 is 15.4 Å². The Morgan fingerprint density at radius 2 is 2.14 bits per heavy atom. The summed E-state index contributed by atoms with van der Waals surface area (Å²) in [5.74, 6) is 0.684. The lowest BCUT2D eigenvalue weighted by atomic mass is 10.1. The first-order chi connectivity index (χ1) is 10.1. The summed E-state index contributed by atoms with van der Waals surface area (Å²) in [6.07, 6.45) is 1.70. The Balaban J connectivity index is 2.14. The minimum atomic E-state index is -0.229. The van der Waals surface area contributed by atoms with Crippen LogP contribution in [0, 0.1) is 0 Å². The molecule has 0 spiro atoms. The van der Waals surface area contributed by atoms with Crippen LogP contribution in [0.25, 0.3) is 10.9 Å². The number of carbonyl (C=O) groups excluding carboxylic acids is 1. The van der Waals surface area contributed by atoms with Crippen LogP contribution in [0.5, 0.6) is 5.75 Å². The SMILES string of the molecule is COc1ccc(NC(=O)NCCN(C)C)c2cccnc12.